The molecule has 1 aliphatic heterocycles. The minimum absolute atomic E-state index is 0.816. The standard InChI is InChI=1S/C19H27ClN4/c20-19-7-5-18(6-8-19)17-23-15-13-22(14-16-23)10-2-1-3-11-24-12-4-9-21-24/h4-9,12H,1-3,10-11,13-17H2. The zero-order chi connectivity index (χ0) is 16.6. The van der Waals surface area contributed by atoms with Crippen molar-refractivity contribution in [3.05, 3.63) is 53.3 Å². The molecule has 0 unspecified atom stereocenters. The first kappa shape index (κ1) is 17.5. The maximum absolute atomic E-state index is 5.95. The molecule has 0 spiro atoms. The van der Waals surface area contributed by atoms with Crippen LogP contribution >= 0.6 is 11.6 Å². The van der Waals surface area contributed by atoms with E-state index in [9.17, 15) is 0 Å². The van der Waals surface area contributed by atoms with Crippen LogP contribution in [0.3, 0.4) is 0 Å². The highest BCUT2D eigenvalue weighted by Gasteiger charge is 2.16. The monoisotopic (exact) mass is 346 g/mol. The number of rotatable bonds is 8. The Balaban J connectivity index is 1.27. The second-order valence-electron chi connectivity index (χ2n) is 6.57. The Morgan fingerprint density at radius 2 is 1.58 bits per heavy atom. The fourth-order valence-electron chi connectivity index (χ4n) is 3.24. The molecule has 0 bridgehead atoms. The maximum atomic E-state index is 5.95. The average molecular weight is 347 g/mol. The van der Waals surface area contributed by atoms with Crippen molar-refractivity contribution in [1.29, 1.82) is 0 Å². The van der Waals surface area contributed by atoms with Crippen LogP contribution in [-0.4, -0.2) is 52.3 Å². The third-order valence-corrected chi connectivity index (χ3v) is 4.96. The highest BCUT2D eigenvalue weighted by molar-refractivity contribution is 6.30. The molecule has 1 saturated heterocycles. The van der Waals surface area contributed by atoms with Gasteiger partial charge in [0.05, 0.1) is 0 Å². The lowest BCUT2D eigenvalue weighted by Gasteiger charge is -2.34. The van der Waals surface area contributed by atoms with Crippen LogP contribution in [-0.2, 0) is 13.1 Å². The fourth-order valence-corrected chi connectivity index (χ4v) is 3.36. The molecule has 0 aliphatic carbocycles. The van der Waals surface area contributed by atoms with E-state index in [-0.39, 0.29) is 0 Å². The first-order valence-electron chi connectivity index (χ1n) is 8.96. The van der Waals surface area contributed by atoms with Gasteiger partial charge in [0.15, 0.2) is 0 Å². The quantitative estimate of drug-likeness (QED) is 0.683. The van der Waals surface area contributed by atoms with Gasteiger partial charge in [-0.2, -0.15) is 5.10 Å². The Labute approximate surface area is 150 Å². The van der Waals surface area contributed by atoms with E-state index in [0.717, 1.165) is 31.2 Å². The lowest BCUT2D eigenvalue weighted by Crippen LogP contribution is -2.46. The summed E-state index contributed by atoms with van der Waals surface area (Å²) < 4.78 is 2.02. The van der Waals surface area contributed by atoms with Gasteiger partial charge in [0.1, 0.15) is 0 Å². The Morgan fingerprint density at radius 3 is 2.29 bits per heavy atom. The largest absolute Gasteiger partial charge is 0.301 e. The summed E-state index contributed by atoms with van der Waals surface area (Å²) in [7, 11) is 0. The van der Waals surface area contributed by atoms with Gasteiger partial charge in [-0.15, -0.1) is 0 Å². The molecule has 0 saturated carbocycles. The Morgan fingerprint density at radius 1 is 0.875 bits per heavy atom. The summed E-state index contributed by atoms with van der Waals surface area (Å²) in [6.07, 6.45) is 7.69. The van der Waals surface area contributed by atoms with Gasteiger partial charge in [-0.05, 0) is 43.1 Å². The third kappa shape index (κ3) is 5.62. The highest BCUT2D eigenvalue weighted by Crippen LogP contribution is 2.13. The van der Waals surface area contributed by atoms with Crippen LogP contribution in [0, 0.1) is 0 Å². The van der Waals surface area contributed by atoms with E-state index in [1.165, 1.54) is 44.5 Å². The van der Waals surface area contributed by atoms with Crippen molar-refractivity contribution in [3.8, 4) is 0 Å². The second-order valence-corrected chi connectivity index (χ2v) is 7.01. The Bertz CT molecular complexity index is 574. The van der Waals surface area contributed by atoms with Crippen LogP contribution in [0.15, 0.2) is 42.7 Å². The van der Waals surface area contributed by atoms with E-state index in [4.69, 9.17) is 11.6 Å². The van der Waals surface area contributed by atoms with Gasteiger partial charge in [-0.3, -0.25) is 9.58 Å². The van der Waals surface area contributed by atoms with Gasteiger partial charge >= 0.3 is 0 Å². The van der Waals surface area contributed by atoms with E-state index >= 15 is 0 Å². The minimum atomic E-state index is 0.816. The first-order valence-corrected chi connectivity index (χ1v) is 9.34. The Kier molecular flexibility index (Phi) is 6.70. The maximum Gasteiger partial charge on any atom is 0.0489 e. The Hall–Kier alpha value is -1.36. The molecule has 0 radical (unpaired) electrons. The van der Waals surface area contributed by atoms with Crippen LogP contribution in [0.1, 0.15) is 24.8 Å². The number of aryl methyl sites for hydroxylation is 1. The van der Waals surface area contributed by atoms with E-state index < -0.39 is 0 Å². The van der Waals surface area contributed by atoms with E-state index in [2.05, 4.69) is 27.0 Å². The lowest BCUT2D eigenvalue weighted by atomic mass is 10.2. The molecule has 2 aromatic rings. The summed E-state index contributed by atoms with van der Waals surface area (Å²) in [4.78, 5) is 5.14. The van der Waals surface area contributed by atoms with Crippen molar-refractivity contribution >= 4 is 11.6 Å². The van der Waals surface area contributed by atoms with Gasteiger partial charge in [0.25, 0.3) is 0 Å². The van der Waals surface area contributed by atoms with Crippen molar-refractivity contribution in [2.75, 3.05) is 32.7 Å². The number of aromatic nitrogens is 2. The molecule has 2 heterocycles. The van der Waals surface area contributed by atoms with Crippen LogP contribution in [0.4, 0.5) is 0 Å². The number of halogens is 1. The number of unbranched alkanes of at least 4 members (excludes halogenated alkanes) is 2. The molecule has 0 amide bonds. The van der Waals surface area contributed by atoms with Crippen molar-refractivity contribution < 1.29 is 0 Å². The smallest absolute Gasteiger partial charge is 0.0489 e. The average Bonchev–Trinajstić information content (AvgIpc) is 3.12. The zero-order valence-electron chi connectivity index (χ0n) is 14.3. The zero-order valence-corrected chi connectivity index (χ0v) is 15.0. The SMILES string of the molecule is Clc1ccc(CN2CCN(CCCCCn3cccn3)CC2)cc1. The predicted molar refractivity (Wildman–Crippen MR) is 99.2 cm³/mol. The van der Waals surface area contributed by atoms with E-state index in [1.54, 1.807) is 0 Å². The molecule has 5 heteroatoms. The third-order valence-electron chi connectivity index (χ3n) is 4.71. The number of hydrogen-bond donors (Lipinski definition) is 0. The molecule has 1 aromatic heterocycles. The molecule has 1 aliphatic rings. The number of hydrogen-bond acceptors (Lipinski definition) is 3. The summed E-state index contributed by atoms with van der Waals surface area (Å²) in [6, 6.07) is 10.2. The van der Waals surface area contributed by atoms with Gasteiger partial charge in [0.2, 0.25) is 0 Å². The molecule has 130 valence electrons. The van der Waals surface area contributed by atoms with Gasteiger partial charge in [-0.25, -0.2) is 0 Å². The molecular formula is C19H27ClN4. The minimum Gasteiger partial charge on any atom is -0.301 e. The first-order chi connectivity index (χ1) is 11.8. The van der Waals surface area contributed by atoms with Crippen molar-refractivity contribution in [3.63, 3.8) is 0 Å². The fraction of sp³-hybridized carbons (Fsp3) is 0.526. The molecule has 1 aromatic carbocycles. The van der Waals surface area contributed by atoms with Crippen LogP contribution in [0.2, 0.25) is 5.02 Å². The molecule has 4 nitrogen and oxygen atoms in total. The van der Waals surface area contributed by atoms with Crippen LogP contribution in [0.25, 0.3) is 0 Å². The summed E-state index contributed by atoms with van der Waals surface area (Å²) in [6.45, 7) is 8.01. The van der Waals surface area contributed by atoms with Gasteiger partial charge in [-0.1, -0.05) is 30.2 Å². The predicted octanol–water partition coefficient (Wildman–Crippen LogP) is 3.52. The summed E-state index contributed by atoms with van der Waals surface area (Å²) in [5.41, 5.74) is 1.35. The van der Waals surface area contributed by atoms with Crippen molar-refractivity contribution in [1.82, 2.24) is 19.6 Å². The molecule has 3 rings (SSSR count). The number of nitrogens with zero attached hydrogens (tertiary/aromatic N) is 4. The number of benzene rings is 1. The molecule has 24 heavy (non-hydrogen) atoms. The van der Waals surface area contributed by atoms with Crippen molar-refractivity contribution in [2.24, 2.45) is 0 Å². The summed E-state index contributed by atoms with van der Waals surface area (Å²) >= 11 is 5.95. The van der Waals surface area contributed by atoms with Gasteiger partial charge in [0, 0.05) is 56.7 Å². The van der Waals surface area contributed by atoms with E-state index in [1.807, 2.05) is 35.3 Å². The summed E-state index contributed by atoms with van der Waals surface area (Å²) in [5, 5.41) is 5.06. The van der Waals surface area contributed by atoms with Crippen LogP contribution < -0.4 is 0 Å². The van der Waals surface area contributed by atoms with Crippen LogP contribution in [0.5, 0.6) is 0 Å². The van der Waals surface area contributed by atoms with Crippen molar-refractivity contribution in [2.45, 2.75) is 32.4 Å². The van der Waals surface area contributed by atoms with E-state index in [0.29, 0.717) is 0 Å². The molecule has 0 atom stereocenters. The molecule has 0 N–H and O–H groups in total. The lowest BCUT2D eigenvalue weighted by molar-refractivity contribution is 0.125. The highest BCUT2D eigenvalue weighted by atomic mass is 35.5. The second kappa shape index (κ2) is 9.21. The molecular weight excluding hydrogens is 320 g/mol. The molecule has 1 fully saturated rings. The topological polar surface area (TPSA) is 24.3 Å². The van der Waals surface area contributed by atoms with Gasteiger partial charge < -0.3 is 4.90 Å². The summed E-state index contributed by atoms with van der Waals surface area (Å²) in [5.74, 6) is 0. The normalized spacial score (nSPS) is 16.5. The number of piperazine rings is 1.